The molecule has 1 amide bonds. The highest BCUT2D eigenvalue weighted by atomic mass is 79.9. The monoisotopic (exact) mass is 493 g/mol. The minimum atomic E-state index is -0.0729. The third-order valence-corrected chi connectivity index (χ3v) is 5.99. The number of likely N-dealkylation sites (N-methyl/N-ethyl adjacent to an activating group) is 1. The summed E-state index contributed by atoms with van der Waals surface area (Å²) in [5.74, 6) is 2.12. The molecule has 5 nitrogen and oxygen atoms in total. The van der Waals surface area contributed by atoms with E-state index in [4.69, 9.17) is 26.4 Å². The lowest BCUT2D eigenvalue weighted by molar-refractivity contribution is -0.121. The molecule has 152 valence electrons. The molecule has 0 spiro atoms. The molecule has 0 aliphatic carbocycles. The van der Waals surface area contributed by atoms with E-state index < -0.39 is 0 Å². The average molecular weight is 494 g/mol. The van der Waals surface area contributed by atoms with Crippen LogP contribution in [0.3, 0.4) is 0 Å². The molecular weight excluding hydrogens is 474 g/mol. The van der Waals surface area contributed by atoms with E-state index in [2.05, 4.69) is 15.9 Å². The van der Waals surface area contributed by atoms with Crippen LogP contribution in [0.4, 0.5) is 0 Å². The van der Waals surface area contributed by atoms with Gasteiger partial charge in [0.15, 0.2) is 0 Å². The number of rotatable bonds is 8. The third kappa shape index (κ3) is 5.52. The van der Waals surface area contributed by atoms with Gasteiger partial charge in [0.25, 0.3) is 5.91 Å². The molecule has 1 saturated heterocycles. The standard InChI is InChI=1S/C21H20BrNO4S2/c1-3-23-20(24)19(29-21(23)28)13-14-12-15(22)4-9-18(14)27-11-10-26-17-7-5-16(25-2)6-8-17/h4-9,12-13H,3,10-11H2,1-2H3/b19-13+. The lowest BCUT2D eigenvalue weighted by Gasteiger charge is -2.12. The highest BCUT2D eigenvalue weighted by Crippen LogP contribution is 2.35. The maximum atomic E-state index is 12.5. The van der Waals surface area contributed by atoms with Crippen LogP contribution in [0.2, 0.25) is 0 Å². The summed E-state index contributed by atoms with van der Waals surface area (Å²) in [7, 11) is 1.62. The van der Waals surface area contributed by atoms with E-state index in [9.17, 15) is 4.79 Å². The molecule has 1 aliphatic heterocycles. The predicted molar refractivity (Wildman–Crippen MR) is 124 cm³/mol. The van der Waals surface area contributed by atoms with Crippen LogP contribution in [0.25, 0.3) is 6.08 Å². The fourth-order valence-electron chi connectivity index (χ4n) is 2.66. The number of amides is 1. The van der Waals surface area contributed by atoms with Gasteiger partial charge in [-0.1, -0.05) is 39.9 Å². The molecule has 0 radical (unpaired) electrons. The second-order valence-electron chi connectivity index (χ2n) is 5.98. The summed E-state index contributed by atoms with van der Waals surface area (Å²) in [6.07, 6.45) is 1.82. The molecule has 2 aromatic carbocycles. The summed E-state index contributed by atoms with van der Waals surface area (Å²) in [4.78, 5) is 14.7. The van der Waals surface area contributed by atoms with Gasteiger partial charge in [-0.2, -0.15) is 0 Å². The topological polar surface area (TPSA) is 48.0 Å². The summed E-state index contributed by atoms with van der Waals surface area (Å²) in [6, 6.07) is 13.1. The number of ether oxygens (including phenoxy) is 3. The van der Waals surface area contributed by atoms with Crippen LogP contribution in [0.1, 0.15) is 12.5 Å². The summed E-state index contributed by atoms with van der Waals surface area (Å²) < 4.78 is 18.2. The molecule has 0 unspecified atom stereocenters. The van der Waals surface area contributed by atoms with E-state index in [-0.39, 0.29) is 5.91 Å². The summed E-state index contributed by atoms with van der Waals surface area (Å²) in [5, 5.41) is 0. The van der Waals surface area contributed by atoms with Gasteiger partial charge in [0.05, 0.1) is 12.0 Å². The molecule has 1 heterocycles. The van der Waals surface area contributed by atoms with Crippen molar-refractivity contribution in [3.63, 3.8) is 0 Å². The van der Waals surface area contributed by atoms with Crippen molar-refractivity contribution in [2.24, 2.45) is 0 Å². The van der Waals surface area contributed by atoms with Crippen LogP contribution >= 0.6 is 39.9 Å². The van der Waals surface area contributed by atoms with E-state index >= 15 is 0 Å². The summed E-state index contributed by atoms with van der Waals surface area (Å²) >= 11 is 10.1. The first-order valence-corrected chi connectivity index (χ1v) is 11.0. The van der Waals surface area contributed by atoms with Gasteiger partial charge >= 0.3 is 0 Å². The molecule has 0 aromatic heterocycles. The number of carbonyl (C=O) groups is 1. The van der Waals surface area contributed by atoms with Crippen LogP contribution in [-0.4, -0.2) is 42.0 Å². The van der Waals surface area contributed by atoms with Gasteiger partial charge in [-0.15, -0.1) is 0 Å². The van der Waals surface area contributed by atoms with Crippen LogP contribution < -0.4 is 14.2 Å². The Balaban J connectivity index is 1.65. The molecule has 1 aliphatic rings. The zero-order valence-corrected chi connectivity index (χ0v) is 19.2. The van der Waals surface area contributed by atoms with Gasteiger partial charge in [0.2, 0.25) is 0 Å². The Morgan fingerprint density at radius 3 is 2.45 bits per heavy atom. The lowest BCUT2D eigenvalue weighted by Crippen LogP contribution is -2.27. The first-order valence-electron chi connectivity index (χ1n) is 8.96. The van der Waals surface area contributed by atoms with Gasteiger partial charge < -0.3 is 14.2 Å². The Hall–Kier alpha value is -2.03. The fourth-order valence-corrected chi connectivity index (χ4v) is 4.41. The van der Waals surface area contributed by atoms with Crippen molar-refractivity contribution in [3.8, 4) is 17.2 Å². The first-order chi connectivity index (χ1) is 14.0. The Bertz CT molecular complexity index is 931. The molecular formula is C21H20BrNO4S2. The number of benzene rings is 2. The van der Waals surface area contributed by atoms with E-state index in [0.717, 1.165) is 21.5 Å². The number of nitrogens with zero attached hydrogens (tertiary/aromatic N) is 1. The van der Waals surface area contributed by atoms with Gasteiger partial charge in [-0.3, -0.25) is 9.69 Å². The number of carbonyl (C=O) groups excluding carboxylic acids is 1. The number of thiocarbonyl (C=S) groups is 1. The van der Waals surface area contributed by atoms with Gasteiger partial charge in [0, 0.05) is 16.6 Å². The quantitative estimate of drug-likeness (QED) is 0.288. The lowest BCUT2D eigenvalue weighted by atomic mass is 10.2. The maximum absolute atomic E-state index is 12.5. The highest BCUT2D eigenvalue weighted by Gasteiger charge is 2.30. The van der Waals surface area contributed by atoms with Gasteiger partial charge in [0.1, 0.15) is 34.8 Å². The van der Waals surface area contributed by atoms with Crippen molar-refractivity contribution in [2.45, 2.75) is 6.92 Å². The first kappa shape index (κ1) is 21.7. The maximum Gasteiger partial charge on any atom is 0.266 e. The molecule has 1 fully saturated rings. The van der Waals surface area contributed by atoms with Gasteiger partial charge in [-0.25, -0.2) is 0 Å². The Morgan fingerprint density at radius 1 is 1.10 bits per heavy atom. The molecule has 0 saturated carbocycles. The van der Waals surface area contributed by atoms with E-state index in [0.29, 0.717) is 34.7 Å². The average Bonchev–Trinajstić information content (AvgIpc) is 2.99. The fraction of sp³-hybridized carbons (Fsp3) is 0.238. The Kier molecular flexibility index (Phi) is 7.57. The summed E-state index contributed by atoms with van der Waals surface area (Å²) in [5.41, 5.74) is 0.806. The molecule has 0 atom stereocenters. The van der Waals surface area contributed by atoms with Crippen LogP contribution in [0.15, 0.2) is 51.8 Å². The number of methoxy groups -OCH3 is 1. The zero-order chi connectivity index (χ0) is 20.8. The van der Waals surface area contributed by atoms with Gasteiger partial charge in [-0.05, 0) is 55.5 Å². The second-order valence-corrected chi connectivity index (χ2v) is 8.57. The molecule has 8 heteroatoms. The Morgan fingerprint density at radius 2 is 1.79 bits per heavy atom. The SMILES string of the molecule is CCN1C(=O)/C(=C\c2cc(Br)ccc2OCCOc2ccc(OC)cc2)SC1=S. The minimum Gasteiger partial charge on any atom is -0.497 e. The minimum absolute atomic E-state index is 0.0729. The van der Waals surface area contributed by atoms with E-state index in [1.165, 1.54) is 11.8 Å². The van der Waals surface area contributed by atoms with E-state index in [1.54, 1.807) is 12.0 Å². The van der Waals surface area contributed by atoms with Crippen molar-refractivity contribution in [1.29, 1.82) is 0 Å². The third-order valence-electron chi connectivity index (χ3n) is 4.12. The van der Waals surface area contributed by atoms with Crippen molar-refractivity contribution in [1.82, 2.24) is 4.90 Å². The van der Waals surface area contributed by atoms with Crippen LogP contribution in [-0.2, 0) is 4.79 Å². The number of thioether (sulfide) groups is 1. The van der Waals surface area contributed by atoms with Crippen molar-refractivity contribution < 1.29 is 19.0 Å². The molecule has 0 bridgehead atoms. The molecule has 3 rings (SSSR count). The smallest absolute Gasteiger partial charge is 0.266 e. The van der Waals surface area contributed by atoms with Crippen LogP contribution in [0, 0.1) is 0 Å². The number of halogens is 1. The van der Waals surface area contributed by atoms with Crippen molar-refractivity contribution in [2.75, 3.05) is 26.9 Å². The number of hydrogen-bond acceptors (Lipinski definition) is 6. The molecule has 2 aromatic rings. The number of hydrogen-bond donors (Lipinski definition) is 0. The normalized spacial score (nSPS) is 15.1. The molecule has 29 heavy (non-hydrogen) atoms. The predicted octanol–water partition coefficient (Wildman–Crippen LogP) is 5.14. The highest BCUT2D eigenvalue weighted by molar-refractivity contribution is 9.10. The largest absolute Gasteiger partial charge is 0.497 e. The van der Waals surface area contributed by atoms with E-state index in [1.807, 2.05) is 55.5 Å². The van der Waals surface area contributed by atoms with Crippen molar-refractivity contribution in [3.05, 3.63) is 57.4 Å². The molecule has 0 N–H and O–H groups in total. The second kappa shape index (κ2) is 10.1. The van der Waals surface area contributed by atoms with Crippen LogP contribution in [0.5, 0.6) is 17.2 Å². The zero-order valence-electron chi connectivity index (χ0n) is 16.0. The Labute approximate surface area is 188 Å². The van der Waals surface area contributed by atoms with Crippen molar-refractivity contribution >= 4 is 56.2 Å². The summed E-state index contributed by atoms with van der Waals surface area (Å²) in [6.45, 7) is 3.22.